The van der Waals surface area contributed by atoms with Crippen LogP contribution in [0, 0.1) is 5.92 Å². The predicted molar refractivity (Wildman–Crippen MR) is 97.5 cm³/mol. The van der Waals surface area contributed by atoms with Gasteiger partial charge in [0, 0.05) is 37.3 Å². The molecular weight excluding hydrogens is 322 g/mol. The topological polar surface area (TPSA) is 54.5 Å². The van der Waals surface area contributed by atoms with E-state index in [0.29, 0.717) is 12.5 Å². The van der Waals surface area contributed by atoms with Gasteiger partial charge in [0.15, 0.2) is 0 Å². The maximum absolute atomic E-state index is 11.9. The molecule has 3 rings (SSSR count). The molecule has 126 valence electrons. The molecule has 0 bridgehead atoms. The number of nitrogens with zero attached hydrogens (tertiary/aromatic N) is 2. The lowest BCUT2D eigenvalue weighted by atomic mass is 10.1. The van der Waals surface area contributed by atoms with Crippen molar-refractivity contribution >= 4 is 29.0 Å². The summed E-state index contributed by atoms with van der Waals surface area (Å²) < 4.78 is 5.43. The van der Waals surface area contributed by atoms with Crippen LogP contribution in [0.5, 0.6) is 5.75 Å². The van der Waals surface area contributed by atoms with Crippen LogP contribution in [0.4, 0.5) is 5.69 Å². The molecule has 0 saturated carbocycles. The molecule has 1 saturated heterocycles. The summed E-state index contributed by atoms with van der Waals surface area (Å²) in [4.78, 5) is 18.3. The largest absolute Gasteiger partial charge is 0.495 e. The highest BCUT2D eigenvalue weighted by molar-refractivity contribution is 7.10. The molecule has 0 spiro atoms. The Kier molecular flexibility index (Phi) is 5.48. The fourth-order valence-electron chi connectivity index (χ4n) is 2.88. The first-order valence-corrected chi connectivity index (χ1v) is 8.87. The van der Waals surface area contributed by atoms with Crippen LogP contribution in [0.25, 0.3) is 6.08 Å². The molecule has 0 radical (unpaired) electrons. The fraction of sp³-hybridized carbons (Fsp3) is 0.333. The van der Waals surface area contributed by atoms with Crippen LogP contribution in [0.3, 0.4) is 0 Å². The minimum Gasteiger partial charge on any atom is -0.495 e. The van der Waals surface area contributed by atoms with E-state index in [4.69, 9.17) is 4.74 Å². The Morgan fingerprint density at radius 1 is 1.50 bits per heavy atom. The zero-order chi connectivity index (χ0) is 16.8. The molecule has 1 N–H and O–H groups in total. The Hall–Kier alpha value is -2.34. The third-order valence-electron chi connectivity index (χ3n) is 4.11. The summed E-state index contributed by atoms with van der Waals surface area (Å²) in [5.41, 5.74) is 1.12. The number of ether oxygens (including phenoxy) is 1. The molecule has 0 unspecified atom stereocenters. The first-order chi connectivity index (χ1) is 11.8. The van der Waals surface area contributed by atoms with Crippen molar-refractivity contribution in [2.24, 2.45) is 5.92 Å². The smallest absolute Gasteiger partial charge is 0.244 e. The second-order valence-corrected chi connectivity index (χ2v) is 6.65. The molecule has 24 heavy (non-hydrogen) atoms. The monoisotopic (exact) mass is 343 g/mol. The highest BCUT2D eigenvalue weighted by atomic mass is 32.1. The van der Waals surface area contributed by atoms with Crippen molar-refractivity contribution in [3.8, 4) is 5.75 Å². The van der Waals surface area contributed by atoms with Gasteiger partial charge < -0.3 is 15.0 Å². The number of hydrogen-bond donors (Lipinski definition) is 1. The van der Waals surface area contributed by atoms with E-state index in [0.717, 1.165) is 36.0 Å². The van der Waals surface area contributed by atoms with Crippen molar-refractivity contribution < 1.29 is 9.53 Å². The first kappa shape index (κ1) is 16.5. The molecule has 1 aromatic heterocycles. The molecule has 1 atom stereocenters. The van der Waals surface area contributed by atoms with Crippen LogP contribution in [0.15, 0.2) is 41.9 Å². The number of benzene rings is 1. The standard InChI is InChI=1S/C18H21N3O2S/c1-23-16-5-3-2-4-15(16)21-10-8-14(13-21)12-20-17(22)6-7-18-19-9-11-24-18/h2-7,9,11,14H,8,10,12-13H2,1H3,(H,20,22)/b7-6+/t14-/m1/s1. The number of hydrogen-bond acceptors (Lipinski definition) is 5. The highest BCUT2D eigenvalue weighted by Crippen LogP contribution is 2.31. The molecule has 1 aliphatic rings. The van der Waals surface area contributed by atoms with Gasteiger partial charge in [0.2, 0.25) is 5.91 Å². The predicted octanol–water partition coefficient (Wildman–Crippen LogP) is 2.81. The van der Waals surface area contributed by atoms with Crippen LogP contribution in [-0.2, 0) is 4.79 Å². The number of methoxy groups -OCH3 is 1. The van der Waals surface area contributed by atoms with Crippen LogP contribution in [-0.4, -0.2) is 37.6 Å². The highest BCUT2D eigenvalue weighted by Gasteiger charge is 2.24. The van der Waals surface area contributed by atoms with E-state index >= 15 is 0 Å². The second kappa shape index (κ2) is 7.97. The Balaban J connectivity index is 1.49. The summed E-state index contributed by atoms with van der Waals surface area (Å²) in [5, 5.41) is 5.71. The van der Waals surface area contributed by atoms with E-state index in [-0.39, 0.29) is 5.91 Å². The third kappa shape index (κ3) is 4.14. The summed E-state index contributed by atoms with van der Waals surface area (Å²) in [7, 11) is 1.70. The van der Waals surface area contributed by atoms with Gasteiger partial charge in [-0.2, -0.15) is 0 Å². The SMILES string of the molecule is COc1ccccc1N1CC[C@H](CNC(=O)/C=C/c2nccs2)C1. The zero-order valence-corrected chi connectivity index (χ0v) is 14.5. The number of thiazole rings is 1. The number of rotatable bonds is 6. The maximum atomic E-state index is 11.9. The lowest BCUT2D eigenvalue weighted by Gasteiger charge is -2.21. The van der Waals surface area contributed by atoms with Crippen molar-refractivity contribution in [2.75, 3.05) is 31.6 Å². The van der Waals surface area contributed by atoms with Crippen molar-refractivity contribution in [2.45, 2.75) is 6.42 Å². The van der Waals surface area contributed by atoms with E-state index in [1.807, 2.05) is 23.6 Å². The number of anilines is 1. The van der Waals surface area contributed by atoms with Crippen molar-refractivity contribution in [1.82, 2.24) is 10.3 Å². The Labute approximate surface area is 146 Å². The normalized spacial score (nSPS) is 17.4. The number of carbonyl (C=O) groups is 1. The van der Waals surface area contributed by atoms with E-state index in [9.17, 15) is 4.79 Å². The molecule has 1 amide bonds. The van der Waals surface area contributed by atoms with Gasteiger partial charge in [-0.05, 0) is 30.5 Å². The van der Waals surface area contributed by atoms with Crippen molar-refractivity contribution in [1.29, 1.82) is 0 Å². The van der Waals surface area contributed by atoms with Crippen LogP contribution in [0.1, 0.15) is 11.4 Å². The average molecular weight is 343 g/mol. The fourth-order valence-corrected chi connectivity index (χ4v) is 3.41. The Morgan fingerprint density at radius 3 is 3.17 bits per heavy atom. The van der Waals surface area contributed by atoms with Gasteiger partial charge in [0.1, 0.15) is 10.8 Å². The summed E-state index contributed by atoms with van der Waals surface area (Å²) in [6, 6.07) is 8.06. The molecule has 1 aliphatic heterocycles. The third-order valence-corrected chi connectivity index (χ3v) is 4.85. The van der Waals surface area contributed by atoms with E-state index in [2.05, 4.69) is 21.3 Å². The quantitative estimate of drug-likeness (QED) is 0.820. The van der Waals surface area contributed by atoms with Gasteiger partial charge in [0.05, 0.1) is 12.8 Å². The van der Waals surface area contributed by atoms with E-state index in [1.165, 1.54) is 11.3 Å². The van der Waals surface area contributed by atoms with Gasteiger partial charge in [-0.25, -0.2) is 4.98 Å². The van der Waals surface area contributed by atoms with Gasteiger partial charge in [0.25, 0.3) is 0 Å². The Morgan fingerprint density at radius 2 is 2.38 bits per heavy atom. The van der Waals surface area contributed by atoms with Gasteiger partial charge >= 0.3 is 0 Å². The maximum Gasteiger partial charge on any atom is 0.244 e. The van der Waals surface area contributed by atoms with Crippen molar-refractivity contribution in [3.63, 3.8) is 0 Å². The number of amides is 1. The minimum absolute atomic E-state index is 0.0686. The zero-order valence-electron chi connectivity index (χ0n) is 13.6. The second-order valence-electron chi connectivity index (χ2n) is 5.72. The number of para-hydroxylation sites is 2. The molecule has 1 fully saturated rings. The molecule has 2 heterocycles. The number of nitrogens with one attached hydrogen (secondary N) is 1. The van der Waals surface area contributed by atoms with Crippen LogP contribution >= 0.6 is 11.3 Å². The van der Waals surface area contributed by atoms with Crippen molar-refractivity contribution in [3.05, 3.63) is 46.9 Å². The van der Waals surface area contributed by atoms with Crippen LogP contribution in [0.2, 0.25) is 0 Å². The van der Waals surface area contributed by atoms with E-state index in [1.54, 1.807) is 25.5 Å². The van der Waals surface area contributed by atoms with Crippen LogP contribution < -0.4 is 15.0 Å². The molecule has 6 heteroatoms. The number of aromatic nitrogens is 1. The molecule has 2 aromatic rings. The summed E-state index contributed by atoms with van der Waals surface area (Å²) in [6.07, 6.45) is 6.09. The molecule has 1 aromatic carbocycles. The molecule has 0 aliphatic carbocycles. The first-order valence-electron chi connectivity index (χ1n) is 7.99. The summed E-state index contributed by atoms with van der Waals surface area (Å²) >= 11 is 1.51. The van der Waals surface area contributed by atoms with E-state index < -0.39 is 0 Å². The summed E-state index contributed by atoms with van der Waals surface area (Å²) in [5.74, 6) is 1.28. The average Bonchev–Trinajstić information content (AvgIpc) is 3.29. The molecule has 5 nitrogen and oxygen atoms in total. The van der Waals surface area contributed by atoms with Gasteiger partial charge in [-0.15, -0.1) is 11.3 Å². The van der Waals surface area contributed by atoms with Gasteiger partial charge in [-0.1, -0.05) is 12.1 Å². The minimum atomic E-state index is -0.0686. The molecular formula is C18H21N3O2S. The number of carbonyl (C=O) groups excluding carboxylic acids is 1. The lowest BCUT2D eigenvalue weighted by molar-refractivity contribution is -0.116. The van der Waals surface area contributed by atoms with Gasteiger partial charge in [-0.3, -0.25) is 4.79 Å². The summed E-state index contributed by atoms with van der Waals surface area (Å²) in [6.45, 7) is 2.60. The lowest BCUT2D eigenvalue weighted by Crippen LogP contribution is -2.29. The Bertz CT molecular complexity index is 700.